The predicted octanol–water partition coefficient (Wildman–Crippen LogP) is 3.50. The maximum absolute atomic E-state index is 2.34. The van der Waals surface area contributed by atoms with Gasteiger partial charge in [-0.05, 0) is 86.0 Å². The fourth-order valence-corrected chi connectivity index (χ4v) is 2.41. The summed E-state index contributed by atoms with van der Waals surface area (Å²) in [6.07, 6.45) is 0. The van der Waals surface area contributed by atoms with Crippen LogP contribution in [0.1, 0.15) is 0 Å². The van der Waals surface area contributed by atoms with Gasteiger partial charge in [-0.15, -0.1) is 0 Å². The largest absolute Gasteiger partial charge is 0.0477 e. The number of rotatable bonds is 0. The zero-order valence-corrected chi connectivity index (χ0v) is 10.8. The zero-order chi connectivity index (χ0) is 6.85. The molecule has 0 aromatic heterocycles. The smallest absolute Gasteiger partial charge is 0.0274 e. The van der Waals surface area contributed by atoms with E-state index in [9.17, 15) is 0 Å². The Kier molecular flexibility index (Phi) is 3.50. The van der Waals surface area contributed by atoms with Crippen LogP contribution in [-0.2, 0) is 0 Å². The summed E-state index contributed by atoms with van der Waals surface area (Å²) in [5.74, 6) is 0. The number of hydrogen-bond donors (Lipinski definition) is 0. The van der Waals surface area contributed by atoms with Gasteiger partial charge in [-0.25, -0.2) is 0 Å². The SMILES string of the molecule is Ic1ccc(I)c(I)c1. The van der Waals surface area contributed by atoms with Gasteiger partial charge in [0.1, 0.15) is 0 Å². The molecule has 0 saturated carbocycles. The van der Waals surface area contributed by atoms with Crippen molar-refractivity contribution in [2.24, 2.45) is 0 Å². The normalized spacial score (nSPS) is 9.67. The molecule has 0 fully saturated rings. The van der Waals surface area contributed by atoms with Crippen LogP contribution in [0, 0.1) is 10.7 Å². The molecular weight excluding hydrogens is 453 g/mol. The third-order valence-corrected chi connectivity index (χ3v) is 4.42. The maximum atomic E-state index is 2.34. The fourth-order valence-electron chi connectivity index (χ4n) is 0.470. The molecule has 0 aliphatic rings. The molecule has 48 valence electrons. The highest BCUT2D eigenvalue weighted by Crippen LogP contribution is 2.17. The van der Waals surface area contributed by atoms with E-state index in [0.717, 1.165) is 0 Å². The molecule has 0 heterocycles. The lowest BCUT2D eigenvalue weighted by Gasteiger charge is -1.94. The topological polar surface area (TPSA) is 0 Å². The molecule has 0 aliphatic heterocycles. The van der Waals surface area contributed by atoms with Gasteiger partial charge in [-0.2, -0.15) is 0 Å². The number of benzene rings is 1. The van der Waals surface area contributed by atoms with Crippen molar-refractivity contribution in [1.82, 2.24) is 0 Å². The van der Waals surface area contributed by atoms with Crippen molar-refractivity contribution < 1.29 is 0 Å². The molecule has 0 atom stereocenters. The van der Waals surface area contributed by atoms with Gasteiger partial charge in [-0.1, -0.05) is 0 Å². The third-order valence-electron chi connectivity index (χ3n) is 0.882. The van der Waals surface area contributed by atoms with Gasteiger partial charge in [0.25, 0.3) is 0 Å². The summed E-state index contributed by atoms with van der Waals surface area (Å²) in [7, 11) is 0. The van der Waals surface area contributed by atoms with Crippen LogP contribution in [0.2, 0.25) is 0 Å². The van der Waals surface area contributed by atoms with Crippen molar-refractivity contribution in [2.75, 3.05) is 0 Å². The summed E-state index contributed by atoms with van der Waals surface area (Å²) in [6.45, 7) is 0. The molecule has 1 rings (SSSR count). The molecule has 0 saturated heterocycles. The summed E-state index contributed by atoms with van der Waals surface area (Å²) in [6, 6.07) is 6.41. The average molecular weight is 456 g/mol. The second kappa shape index (κ2) is 3.70. The minimum absolute atomic E-state index is 1.30. The van der Waals surface area contributed by atoms with E-state index in [0.29, 0.717) is 0 Å². The van der Waals surface area contributed by atoms with Gasteiger partial charge < -0.3 is 0 Å². The van der Waals surface area contributed by atoms with E-state index in [1.165, 1.54) is 10.7 Å². The quantitative estimate of drug-likeness (QED) is 0.415. The van der Waals surface area contributed by atoms with Crippen molar-refractivity contribution in [3.05, 3.63) is 28.9 Å². The van der Waals surface area contributed by atoms with Gasteiger partial charge in [0.2, 0.25) is 0 Å². The van der Waals surface area contributed by atoms with E-state index in [-0.39, 0.29) is 0 Å². The molecule has 1 aromatic carbocycles. The first kappa shape index (κ1) is 8.51. The second-order valence-corrected chi connectivity index (χ2v) is 5.13. The first-order valence-electron chi connectivity index (χ1n) is 2.30. The van der Waals surface area contributed by atoms with Crippen molar-refractivity contribution in [3.63, 3.8) is 0 Å². The monoisotopic (exact) mass is 456 g/mol. The summed E-state index contributed by atoms with van der Waals surface area (Å²) in [4.78, 5) is 0. The molecule has 0 nitrogen and oxygen atoms in total. The molecule has 0 radical (unpaired) electrons. The minimum Gasteiger partial charge on any atom is -0.0477 e. The molecule has 1 aromatic rings. The van der Waals surface area contributed by atoms with Gasteiger partial charge in [0.15, 0.2) is 0 Å². The predicted molar refractivity (Wildman–Crippen MR) is 64.6 cm³/mol. The van der Waals surface area contributed by atoms with E-state index in [1.807, 2.05) is 0 Å². The van der Waals surface area contributed by atoms with Gasteiger partial charge in [0, 0.05) is 10.7 Å². The minimum atomic E-state index is 1.30. The van der Waals surface area contributed by atoms with Crippen LogP contribution in [0.15, 0.2) is 18.2 Å². The Morgan fingerprint density at radius 2 is 1.56 bits per heavy atom. The van der Waals surface area contributed by atoms with Crippen LogP contribution in [0.25, 0.3) is 0 Å². The molecule has 0 amide bonds. The van der Waals surface area contributed by atoms with Crippen LogP contribution >= 0.6 is 67.8 Å². The van der Waals surface area contributed by atoms with Crippen molar-refractivity contribution in [3.8, 4) is 0 Å². The summed E-state index contributed by atoms with van der Waals surface area (Å²) >= 11 is 6.98. The Balaban J connectivity index is 3.17. The summed E-state index contributed by atoms with van der Waals surface area (Å²) in [5, 5.41) is 0. The Morgan fingerprint density at radius 3 is 2.00 bits per heavy atom. The molecule has 0 N–H and O–H groups in total. The van der Waals surface area contributed by atoms with E-state index < -0.39 is 0 Å². The Morgan fingerprint density at radius 1 is 0.889 bits per heavy atom. The maximum Gasteiger partial charge on any atom is 0.0274 e. The first-order valence-corrected chi connectivity index (χ1v) is 5.54. The second-order valence-electron chi connectivity index (χ2n) is 1.56. The van der Waals surface area contributed by atoms with Crippen LogP contribution in [0.5, 0.6) is 0 Å². The lowest BCUT2D eigenvalue weighted by molar-refractivity contribution is 1.54. The molecule has 3 heteroatoms. The average Bonchev–Trinajstić information content (AvgIpc) is 1.80. The van der Waals surface area contributed by atoms with Gasteiger partial charge in [-0.3, -0.25) is 0 Å². The highest BCUT2D eigenvalue weighted by molar-refractivity contribution is 14.1. The van der Waals surface area contributed by atoms with Crippen LogP contribution in [0.4, 0.5) is 0 Å². The fraction of sp³-hybridized carbons (Fsp3) is 0. The Labute approximate surface area is 95.2 Å². The highest BCUT2D eigenvalue weighted by atomic mass is 127. The Hall–Kier alpha value is 1.41. The zero-order valence-electron chi connectivity index (χ0n) is 4.37. The lowest BCUT2D eigenvalue weighted by atomic mass is 10.4. The standard InChI is InChI=1S/C6H3I3/c7-4-1-2-5(8)6(9)3-4/h1-3H. The molecule has 0 aliphatic carbocycles. The van der Waals surface area contributed by atoms with Crippen LogP contribution < -0.4 is 0 Å². The molecule has 0 spiro atoms. The van der Waals surface area contributed by atoms with Crippen molar-refractivity contribution in [1.29, 1.82) is 0 Å². The number of hydrogen-bond acceptors (Lipinski definition) is 0. The number of halogens is 3. The van der Waals surface area contributed by atoms with Crippen molar-refractivity contribution >= 4 is 67.8 Å². The van der Waals surface area contributed by atoms with Crippen LogP contribution in [0.3, 0.4) is 0 Å². The van der Waals surface area contributed by atoms with E-state index in [4.69, 9.17) is 0 Å². The molecule has 9 heavy (non-hydrogen) atoms. The van der Waals surface area contributed by atoms with Crippen LogP contribution in [-0.4, -0.2) is 0 Å². The lowest BCUT2D eigenvalue weighted by Crippen LogP contribution is -1.78. The van der Waals surface area contributed by atoms with E-state index in [2.05, 4.69) is 86.0 Å². The summed E-state index contributed by atoms with van der Waals surface area (Å²) < 4.78 is 3.96. The molecule has 0 bridgehead atoms. The van der Waals surface area contributed by atoms with Crippen molar-refractivity contribution in [2.45, 2.75) is 0 Å². The molecule has 0 unspecified atom stereocenters. The highest BCUT2D eigenvalue weighted by Gasteiger charge is 1.93. The Bertz CT molecular complexity index is 220. The summed E-state index contributed by atoms with van der Waals surface area (Å²) in [5.41, 5.74) is 0. The first-order chi connectivity index (χ1) is 4.20. The molecular formula is C6H3I3. The van der Waals surface area contributed by atoms with E-state index in [1.54, 1.807) is 0 Å². The van der Waals surface area contributed by atoms with E-state index >= 15 is 0 Å². The van der Waals surface area contributed by atoms with Gasteiger partial charge >= 0.3 is 0 Å². The van der Waals surface area contributed by atoms with Gasteiger partial charge in [0.05, 0.1) is 0 Å². The third kappa shape index (κ3) is 2.49.